The van der Waals surface area contributed by atoms with Crippen LogP contribution in [0.1, 0.15) is 16.9 Å². The Morgan fingerprint density at radius 2 is 2.00 bits per heavy atom. The Bertz CT molecular complexity index is 611. The molecule has 0 aliphatic rings. The zero-order chi connectivity index (χ0) is 16.8. The van der Waals surface area contributed by atoms with E-state index in [-0.39, 0.29) is 23.6 Å². The van der Waals surface area contributed by atoms with Crippen molar-refractivity contribution in [3.05, 3.63) is 46.4 Å². The zero-order valence-corrected chi connectivity index (χ0v) is 14.3. The van der Waals surface area contributed by atoms with E-state index in [0.717, 1.165) is 16.9 Å². The molecule has 3 N–H and O–H groups in total. The van der Waals surface area contributed by atoms with Crippen molar-refractivity contribution in [1.29, 1.82) is 0 Å². The first-order valence-electron chi connectivity index (χ1n) is 7.56. The number of aromatic hydroxyl groups is 1. The average Bonchev–Trinajstić information content (AvgIpc) is 3.00. The summed E-state index contributed by atoms with van der Waals surface area (Å²) in [5, 5.41) is 9.39. The third-order valence-electron chi connectivity index (χ3n) is 4.03. The number of hydrogen-bond acceptors (Lipinski definition) is 5. The van der Waals surface area contributed by atoms with Crippen molar-refractivity contribution in [2.75, 3.05) is 14.1 Å². The van der Waals surface area contributed by atoms with Gasteiger partial charge in [-0.15, -0.1) is 11.3 Å². The Labute approximate surface area is 140 Å². The van der Waals surface area contributed by atoms with Gasteiger partial charge in [-0.25, -0.2) is 0 Å². The van der Waals surface area contributed by atoms with E-state index in [4.69, 9.17) is 5.73 Å². The monoisotopic (exact) mass is 333 g/mol. The van der Waals surface area contributed by atoms with Crippen molar-refractivity contribution in [2.24, 2.45) is 11.7 Å². The van der Waals surface area contributed by atoms with Gasteiger partial charge in [-0.05, 0) is 51.1 Å². The molecule has 5 nitrogen and oxygen atoms in total. The maximum Gasteiger partial charge on any atom is 0.220 e. The fraction of sp³-hybridized carbons (Fsp3) is 0.412. The molecule has 0 aliphatic carbocycles. The Hall–Kier alpha value is -1.92. The van der Waals surface area contributed by atoms with E-state index in [1.54, 1.807) is 35.2 Å². The van der Waals surface area contributed by atoms with Crippen LogP contribution in [0.5, 0.6) is 5.75 Å². The molecule has 6 heteroatoms. The fourth-order valence-corrected chi connectivity index (χ4v) is 3.27. The SMILES string of the molecule is CN(C)[C@H](Cc1ccc(O)cc1)CC(Cc1cncs1)C(N)=O. The number of thiazole rings is 1. The number of nitrogens with zero attached hydrogens (tertiary/aromatic N) is 2. The molecule has 1 aromatic heterocycles. The van der Waals surface area contributed by atoms with Crippen LogP contribution in [0.25, 0.3) is 0 Å². The van der Waals surface area contributed by atoms with Crippen molar-refractivity contribution in [1.82, 2.24) is 9.88 Å². The molecule has 124 valence electrons. The minimum Gasteiger partial charge on any atom is -0.508 e. The summed E-state index contributed by atoms with van der Waals surface area (Å²) in [7, 11) is 4.02. The van der Waals surface area contributed by atoms with Crippen molar-refractivity contribution in [3.63, 3.8) is 0 Å². The first-order chi connectivity index (χ1) is 11.0. The van der Waals surface area contributed by atoms with E-state index in [2.05, 4.69) is 9.88 Å². The van der Waals surface area contributed by atoms with Crippen molar-refractivity contribution < 1.29 is 9.90 Å². The van der Waals surface area contributed by atoms with Crippen molar-refractivity contribution in [2.45, 2.75) is 25.3 Å². The molecule has 0 aliphatic heterocycles. The molecule has 1 amide bonds. The van der Waals surface area contributed by atoms with Crippen LogP contribution in [-0.2, 0) is 17.6 Å². The standard InChI is InChI=1S/C17H23N3O2S/c1-20(2)14(7-12-3-5-15(21)6-4-12)8-13(17(18)22)9-16-10-19-11-23-16/h3-6,10-11,13-14,21H,7-9H2,1-2H3,(H2,18,22)/t13?,14-/m1/s1. The molecule has 1 aromatic carbocycles. The van der Waals surface area contributed by atoms with Crippen molar-refractivity contribution in [3.8, 4) is 5.75 Å². The first kappa shape index (κ1) is 17.4. The van der Waals surface area contributed by atoms with E-state index in [9.17, 15) is 9.90 Å². The number of benzene rings is 1. The summed E-state index contributed by atoms with van der Waals surface area (Å²) in [6, 6.07) is 7.39. The lowest BCUT2D eigenvalue weighted by Crippen LogP contribution is -2.36. The highest BCUT2D eigenvalue weighted by atomic mass is 32.1. The van der Waals surface area contributed by atoms with Crippen molar-refractivity contribution >= 4 is 17.2 Å². The molecular formula is C17H23N3O2S. The lowest BCUT2D eigenvalue weighted by Gasteiger charge is -2.27. The second kappa shape index (κ2) is 8.08. The molecule has 0 bridgehead atoms. The minimum atomic E-state index is -0.268. The number of likely N-dealkylation sites (N-methyl/N-ethyl adjacent to an activating group) is 1. The second-order valence-electron chi connectivity index (χ2n) is 5.99. The summed E-state index contributed by atoms with van der Waals surface area (Å²) in [6.07, 6.45) is 3.94. The van der Waals surface area contributed by atoms with Gasteiger partial charge >= 0.3 is 0 Å². The zero-order valence-electron chi connectivity index (χ0n) is 13.5. The number of primary amides is 1. The molecular weight excluding hydrogens is 310 g/mol. The number of carbonyl (C=O) groups is 1. The number of nitrogens with two attached hydrogens (primary N) is 1. The van der Waals surface area contributed by atoms with Crippen LogP contribution in [0.3, 0.4) is 0 Å². The lowest BCUT2D eigenvalue weighted by atomic mass is 9.91. The Balaban J connectivity index is 2.06. The second-order valence-corrected chi connectivity index (χ2v) is 6.97. The van der Waals surface area contributed by atoms with Gasteiger partial charge < -0.3 is 15.7 Å². The molecule has 0 fully saturated rings. The predicted octanol–water partition coefficient (Wildman–Crippen LogP) is 2.06. The number of phenols is 1. The number of carbonyl (C=O) groups excluding carboxylic acids is 1. The van der Waals surface area contributed by atoms with E-state index in [0.29, 0.717) is 12.8 Å². The van der Waals surface area contributed by atoms with E-state index in [1.165, 1.54) is 0 Å². The van der Waals surface area contributed by atoms with Crippen LogP contribution in [0.2, 0.25) is 0 Å². The average molecular weight is 333 g/mol. The maximum absolute atomic E-state index is 11.8. The summed E-state index contributed by atoms with van der Waals surface area (Å²) >= 11 is 1.55. The number of phenolic OH excluding ortho intramolecular Hbond substituents is 1. The Morgan fingerprint density at radius 3 is 2.52 bits per heavy atom. The van der Waals surface area contributed by atoms with Gasteiger partial charge in [0.1, 0.15) is 5.75 Å². The topological polar surface area (TPSA) is 79.4 Å². The third-order valence-corrected chi connectivity index (χ3v) is 4.83. The highest BCUT2D eigenvalue weighted by Gasteiger charge is 2.23. The highest BCUT2D eigenvalue weighted by Crippen LogP contribution is 2.21. The normalized spacial score (nSPS) is 13.9. The van der Waals surface area contributed by atoms with Crippen LogP contribution in [0.4, 0.5) is 0 Å². The van der Waals surface area contributed by atoms with Gasteiger partial charge in [0.2, 0.25) is 5.91 Å². The maximum atomic E-state index is 11.8. The van der Waals surface area contributed by atoms with Gasteiger partial charge in [0.15, 0.2) is 0 Å². The third kappa shape index (κ3) is 5.33. The Morgan fingerprint density at radius 1 is 1.30 bits per heavy atom. The molecule has 23 heavy (non-hydrogen) atoms. The van der Waals surface area contributed by atoms with Gasteiger partial charge in [0.05, 0.1) is 5.51 Å². The van der Waals surface area contributed by atoms with E-state index in [1.807, 2.05) is 26.2 Å². The smallest absolute Gasteiger partial charge is 0.220 e. The summed E-state index contributed by atoms with van der Waals surface area (Å²) in [5.74, 6) is -0.216. The molecule has 0 saturated heterocycles. The largest absolute Gasteiger partial charge is 0.508 e. The van der Waals surface area contributed by atoms with E-state index >= 15 is 0 Å². The van der Waals surface area contributed by atoms with Gasteiger partial charge in [-0.3, -0.25) is 9.78 Å². The predicted molar refractivity (Wildman–Crippen MR) is 92.4 cm³/mol. The van der Waals surface area contributed by atoms with Crippen LogP contribution in [-0.4, -0.2) is 41.0 Å². The highest BCUT2D eigenvalue weighted by molar-refractivity contribution is 7.09. The van der Waals surface area contributed by atoms with Crippen LogP contribution in [0, 0.1) is 5.92 Å². The minimum absolute atomic E-state index is 0.199. The molecule has 0 saturated carbocycles. The van der Waals surface area contributed by atoms with Crippen LogP contribution in [0.15, 0.2) is 36.0 Å². The number of rotatable bonds is 8. The number of amides is 1. The fourth-order valence-electron chi connectivity index (χ4n) is 2.60. The van der Waals surface area contributed by atoms with E-state index < -0.39 is 0 Å². The summed E-state index contributed by atoms with van der Waals surface area (Å²) in [4.78, 5) is 19.1. The first-order valence-corrected chi connectivity index (χ1v) is 8.44. The number of aromatic nitrogens is 1. The molecule has 1 unspecified atom stereocenters. The van der Waals surface area contributed by atoms with Gasteiger partial charge in [0, 0.05) is 23.0 Å². The molecule has 1 heterocycles. The molecule has 0 radical (unpaired) electrons. The van der Waals surface area contributed by atoms with Gasteiger partial charge in [-0.1, -0.05) is 12.1 Å². The summed E-state index contributed by atoms with van der Waals surface area (Å²) in [6.45, 7) is 0. The van der Waals surface area contributed by atoms with Gasteiger partial charge in [0.25, 0.3) is 0 Å². The van der Waals surface area contributed by atoms with Gasteiger partial charge in [-0.2, -0.15) is 0 Å². The van der Waals surface area contributed by atoms with Crippen LogP contribution >= 0.6 is 11.3 Å². The van der Waals surface area contributed by atoms with Crippen LogP contribution < -0.4 is 5.73 Å². The molecule has 2 rings (SSSR count). The summed E-state index contributed by atoms with van der Waals surface area (Å²) in [5.41, 5.74) is 8.51. The quantitative estimate of drug-likeness (QED) is 0.775. The summed E-state index contributed by atoms with van der Waals surface area (Å²) < 4.78 is 0. The molecule has 2 atom stereocenters. The number of hydrogen-bond donors (Lipinski definition) is 2. The molecule has 2 aromatic rings. The Kier molecular flexibility index (Phi) is 6.12. The molecule has 0 spiro atoms. The lowest BCUT2D eigenvalue weighted by molar-refractivity contribution is -0.122.